The van der Waals surface area contributed by atoms with Crippen molar-refractivity contribution in [2.45, 2.75) is 38.4 Å². The quantitative estimate of drug-likeness (QED) is 0.433. The first-order chi connectivity index (χ1) is 10.8. The zero-order valence-corrected chi connectivity index (χ0v) is 16.7. The standard InChI is InChI=1S/C17H19Br2NO3/c1-8-5-15(22)20-16-10(3)17(23-11(4)21)13(6-12(8)16)9(2)14(19)7-18/h5-6,9,14H,7H2,1-4H3,(H,20,22). The predicted molar refractivity (Wildman–Crippen MR) is 100 cm³/mol. The lowest BCUT2D eigenvalue weighted by Gasteiger charge is -2.22. The molecule has 4 nitrogen and oxygen atoms in total. The van der Waals surface area contributed by atoms with Gasteiger partial charge in [0.05, 0.1) is 5.52 Å². The average molecular weight is 445 g/mol. The van der Waals surface area contributed by atoms with Crippen molar-refractivity contribution in [1.82, 2.24) is 4.98 Å². The summed E-state index contributed by atoms with van der Waals surface area (Å²) in [7, 11) is 0. The van der Waals surface area contributed by atoms with E-state index in [1.54, 1.807) is 6.07 Å². The molecule has 0 spiro atoms. The highest BCUT2D eigenvalue weighted by Crippen LogP contribution is 2.39. The summed E-state index contributed by atoms with van der Waals surface area (Å²) in [5.41, 5.74) is 3.18. The molecule has 0 bridgehead atoms. The van der Waals surface area contributed by atoms with Crippen LogP contribution in [0.2, 0.25) is 0 Å². The Kier molecular flexibility index (Phi) is 5.68. The van der Waals surface area contributed by atoms with Crippen LogP contribution in [0.25, 0.3) is 10.9 Å². The molecule has 2 unspecified atom stereocenters. The van der Waals surface area contributed by atoms with E-state index in [9.17, 15) is 9.59 Å². The Morgan fingerprint density at radius 3 is 2.57 bits per heavy atom. The van der Waals surface area contributed by atoms with Gasteiger partial charge in [-0.05, 0) is 37.0 Å². The van der Waals surface area contributed by atoms with Gasteiger partial charge in [-0.2, -0.15) is 0 Å². The Bertz CT molecular complexity index is 814. The molecule has 6 heteroatoms. The number of fused-ring (bicyclic) bond motifs is 1. The highest BCUT2D eigenvalue weighted by Gasteiger charge is 2.23. The molecule has 0 aliphatic rings. The number of aryl methyl sites for hydroxylation is 2. The van der Waals surface area contributed by atoms with Gasteiger partial charge in [-0.25, -0.2) is 0 Å². The van der Waals surface area contributed by atoms with E-state index in [4.69, 9.17) is 4.74 Å². The zero-order valence-electron chi connectivity index (χ0n) is 13.5. The number of hydrogen-bond donors (Lipinski definition) is 1. The third-order valence-corrected chi connectivity index (χ3v) is 6.68. The summed E-state index contributed by atoms with van der Waals surface area (Å²) in [6, 6.07) is 3.59. The minimum Gasteiger partial charge on any atom is -0.426 e. The van der Waals surface area contributed by atoms with Crippen LogP contribution in [-0.2, 0) is 4.79 Å². The third-order valence-electron chi connectivity index (χ3n) is 3.99. The topological polar surface area (TPSA) is 59.2 Å². The minimum absolute atomic E-state index is 0.123. The summed E-state index contributed by atoms with van der Waals surface area (Å²) in [6.07, 6.45) is 0. The van der Waals surface area contributed by atoms with E-state index in [2.05, 4.69) is 43.8 Å². The van der Waals surface area contributed by atoms with Crippen LogP contribution in [0.1, 0.15) is 36.5 Å². The van der Waals surface area contributed by atoms with Crippen molar-refractivity contribution in [2.24, 2.45) is 0 Å². The van der Waals surface area contributed by atoms with Gasteiger partial charge in [0.15, 0.2) is 0 Å². The molecule has 0 aliphatic heterocycles. The van der Waals surface area contributed by atoms with E-state index in [1.807, 2.05) is 19.9 Å². The molecule has 2 aromatic rings. The average Bonchev–Trinajstić information content (AvgIpc) is 2.48. The van der Waals surface area contributed by atoms with Gasteiger partial charge in [0.25, 0.3) is 0 Å². The number of hydrogen-bond acceptors (Lipinski definition) is 3. The fourth-order valence-corrected chi connectivity index (χ4v) is 3.52. The maximum Gasteiger partial charge on any atom is 0.308 e. The van der Waals surface area contributed by atoms with Crippen molar-refractivity contribution in [1.29, 1.82) is 0 Å². The summed E-state index contributed by atoms with van der Waals surface area (Å²) in [4.78, 5) is 26.4. The van der Waals surface area contributed by atoms with Gasteiger partial charge in [-0.3, -0.25) is 9.59 Å². The Hall–Kier alpha value is -1.14. The number of esters is 1. The molecule has 0 saturated heterocycles. The lowest BCUT2D eigenvalue weighted by Crippen LogP contribution is -2.15. The second-order valence-electron chi connectivity index (χ2n) is 5.71. The smallest absolute Gasteiger partial charge is 0.308 e. The van der Waals surface area contributed by atoms with Gasteiger partial charge in [0.1, 0.15) is 5.75 Å². The van der Waals surface area contributed by atoms with Gasteiger partial charge in [0.2, 0.25) is 5.56 Å². The number of carbonyl (C=O) groups excluding carboxylic acids is 1. The lowest BCUT2D eigenvalue weighted by molar-refractivity contribution is -0.131. The fraction of sp³-hybridized carbons (Fsp3) is 0.412. The molecule has 23 heavy (non-hydrogen) atoms. The molecule has 0 saturated carbocycles. The Balaban J connectivity index is 2.82. The van der Waals surface area contributed by atoms with Crippen molar-refractivity contribution in [3.05, 3.63) is 39.2 Å². The number of alkyl halides is 2. The highest BCUT2D eigenvalue weighted by atomic mass is 79.9. The second kappa shape index (κ2) is 7.18. The molecular weight excluding hydrogens is 426 g/mol. The number of carbonyl (C=O) groups is 1. The van der Waals surface area contributed by atoms with Crippen molar-refractivity contribution in [3.63, 3.8) is 0 Å². The van der Waals surface area contributed by atoms with Gasteiger partial charge in [0, 0.05) is 34.1 Å². The minimum atomic E-state index is -0.374. The number of halogens is 2. The molecule has 0 radical (unpaired) electrons. The number of nitrogens with one attached hydrogen (secondary N) is 1. The first kappa shape index (κ1) is 18.2. The fourth-order valence-electron chi connectivity index (χ4n) is 2.68. The maximum absolute atomic E-state index is 11.8. The number of pyridine rings is 1. The van der Waals surface area contributed by atoms with Crippen molar-refractivity contribution in [2.75, 3.05) is 5.33 Å². The molecule has 0 aliphatic carbocycles. The Morgan fingerprint density at radius 1 is 1.35 bits per heavy atom. The van der Waals surface area contributed by atoms with Crippen molar-refractivity contribution in [3.8, 4) is 5.75 Å². The highest BCUT2D eigenvalue weighted by molar-refractivity contribution is 9.12. The Morgan fingerprint density at radius 2 is 2.00 bits per heavy atom. The normalized spacial score (nSPS) is 13.8. The molecule has 1 N–H and O–H groups in total. The summed E-state index contributed by atoms with van der Waals surface area (Å²) in [6.45, 7) is 7.24. The number of ether oxygens (including phenoxy) is 1. The van der Waals surface area contributed by atoms with Crippen LogP contribution < -0.4 is 10.3 Å². The van der Waals surface area contributed by atoms with E-state index in [0.717, 1.165) is 27.4 Å². The first-order valence-corrected chi connectivity index (χ1v) is 9.35. The zero-order chi connectivity index (χ0) is 17.3. The first-order valence-electron chi connectivity index (χ1n) is 7.31. The van der Waals surface area contributed by atoms with E-state index < -0.39 is 0 Å². The Labute approximate surface area is 151 Å². The van der Waals surface area contributed by atoms with E-state index in [1.165, 1.54) is 6.92 Å². The largest absolute Gasteiger partial charge is 0.426 e. The molecule has 2 atom stereocenters. The van der Waals surface area contributed by atoms with Gasteiger partial charge in [-0.15, -0.1) is 0 Å². The van der Waals surface area contributed by atoms with Crippen LogP contribution in [0, 0.1) is 13.8 Å². The third kappa shape index (κ3) is 3.69. The van der Waals surface area contributed by atoms with Crippen LogP contribution in [-0.4, -0.2) is 21.1 Å². The number of benzene rings is 1. The number of rotatable bonds is 4. The van der Waals surface area contributed by atoms with Gasteiger partial charge in [-0.1, -0.05) is 38.8 Å². The monoisotopic (exact) mass is 443 g/mol. The summed E-state index contributed by atoms with van der Waals surface area (Å²) < 4.78 is 5.48. The number of H-pyrrole nitrogens is 1. The van der Waals surface area contributed by atoms with Crippen molar-refractivity contribution >= 4 is 48.7 Å². The molecule has 1 aromatic carbocycles. The number of aromatic amines is 1. The molecule has 0 fully saturated rings. The molecule has 0 amide bonds. The van der Waals surface area contributed by atoms with Gasteiger partial charge >= 0.3 is 5.97 Å². The summed E-state index contributed by atoms with van der Waals surface area (Å²) in [5, 5.41) is 1.74. The van der Waals surface area contributed by atoms with Crippen LogP contribution in [0.4, 0.5) is 0 Å². The van der Waals surface area contributed by atoms with E-state index >= 15 is 0 Å². The van der Waals surface area contributed by atoms with Gasteiger partial charge < -0.3 is 9.72 Å². The molecule has 1 aromatic heterocycles. The predicted octanol–water partition coefficient (Wildman–Crippen LogP) is 4.33. The van der Waals surface area contributed by atoms with Crippen LogP contribution in [0.3, 0.4) is 0 Å². The van der Waals surface area contributed by atoms with Crippen LogP contribution in [0.5, 0.6) is 5.75 Å². The lowest BCUT2D eigenvalue weighted by atomic mass is 9.92. The van der Waals surface area contributed by atoms with Crippen molar-refractivity contribution < 1.29 is 9.53 Å². The van der Waals surface area contributed by atoms with Crippen LogP contribution >= 0.6 is 31.9 Å². The second-order valence-corrected chi connectivity index (χ2v) is 7.54. The summed E-state index contributed by atoms with van der Waals surface area (Å²) >= 11 is 7.13. The molecular formula is C17H19Br2NO3. The van der Waals surface area contributed by atoms with E-state index in [0.29, 0.717) is 11.3 Å². The van der Waals surface area contributed by atoms with E-state index in [-0.39, 0.29) is 22.3 Å². The number of aromatic nitrogens is 1. The summed E-state index contributed by atoms with van der Waals surface area (Å²) in [5.74, 6) is 0.281. The molecule has 124 valence electrons. The molecule has 2 rings (SSSR count). The van der Waals surface area contributed by atoms with Crippen LogP contribution in [0.15, 0.2) is 16.9 Å². The molecule has 1 heterocycles. The SMILES string of the molecule is CC(=O)Oc1c(C(C)C(Br)CBr)cc2c(C)cc(=O)[nH]c2c1C. The maximum atomic E-state index is 11.8.